The van der Waals surface area contributed by atoms with Crippen LogP contribution in [0.15, 0.2) is 48.5 Å². The van der Waals surface area contributed by atoms with Crippen molar-refractivity contribution in [2.75, 3.05) is 5.32 Å². The number of anilines is 2. The Bertz CT molecular complexity index is 480. The van der Waals surface area contributed by atoms with Gasteiger partial charge in [0.2, 0.25) is 0 Å². The fourth-order valence-electron chi connectivity index (χ4n) is 1.58. The van der Waals surface area contributed by atoms with Crippen LogP contribution < -0.4 is 10.1 Å². The summed E-state index contributed by atoms with van der Waals surface area (Å²) in [6.07, 6.45) is 0. The number of para-hydroxylation sites is 4. The van der Waals surface area contributed by atoms with Gasteiger partial charge >= 0.3 is 5.09 Å². The van der Waals surface area contributed by atoms with Crippen molar-refractivity contribution in [1.29, 1.82) is 0 Å². The summed E-state index contributed by atoms with van der Waals surface area (Å²) in [4.78, 5) is 8.47. The first-order valence-electron chi connectivity index (χ1n) is 5.15. The molecule has 0 saturated heterocycles. The van der Waals surface area contributed by atoms with Gasteiger partial charge in [-0.05, 0) is 24.3 Å². The lowest BCUT2D eigenvalue weighted by molar-refractivity contribution is -0.969. The predicted molar refractivity (Wildman–Crippen MR) is 63.4 cm³/mol. The minimum Gasteiger partial charge on any atom is -0.453 e. The van der Waals surface area contributed by atoms with Crippen molar-refractivity contribution in [2.45, 2.75) is 0 Å². The molecule has 0 fully saturated rings. The van der Waals surface area contributed by atoms with E-state index >= 15 is 0 Å². The van der Waals surface area contributed by atoms with E-state index in [0.29, 0.717) is 0 Å². The van der Waals surface area contributed by atoms with Gasteiger partial charge in [-0.15, -0.1) is 0 Å². The van der Waals surface area contributed by atoms with E-state index in [1.165, 1.54) is 0 Å². The average molecular weight is 247 g/mol. The summed E-state index contributed by atoms with van der Waals surface area (Å²) in [6.45, 7) is 0. The standard InChI is InChI=1S/C12H9NO.H2NO3/c1-3-7-11-9(5-1)13-10-6-2-4-8-12(10)14-11;2-1(3)4/h1-8,13H;(H2,2,3,4)/q;+1. The summed E-state index contributed by atoms with van der Waals surface area (Å²) >= 11 is 0. The van der Waals surface area contributed by atoms with Crippen LogP contribution >= 0.6 is 0 Å². The third-order valence-electron chi connectivity index (χ3n) is 2.26. The summed E-state index contributed by atoms with van der Waals surface area (Å²) in [7, 11) is 0. The Morgan fingerprint density at radius 1 is 0.889 bits per heavy atom. The number of hydrogen-bond donors (Lipinski definition) is 3. The Morgan fingerprint density at radius 2 is 1.28 bits per heavy atom. The first-order valence-corrected chi connectivity index (χ1v) is 5.15. The van der Waals surface area contributed by atoms with Gasteiger partial charge in [-0.25, -0.2) is 10.4 Å². The number of fused-ring (bicyclic) bond motifs is 2. The van der Waals surface area contributed by atoms with Crippen molar-refractivity contribution in [3.8, 4) is 11.5 Å². The van der Waals surface area contributed by atoms with Crippen LogP contribution in [0.1, 0.15) is 0 Å². The molecule has 0 atom stereocenters. The Labute approximate surface area is 103 Å². The average Bonchev–Trinajstić information content (AvgIpc) is 2.35. The number of rotatable bonds is 0. The molecule has 0 aliphatic carbocycles. The van der Waals surface area contributed by atoms with Crippen molar-refractivity contribution < 1.29 is 20.2 Å². The van der Waals surface area contributed by atoms with Crippen LogP contribution in [0.3, 0.4) is 0 Å². The molecule has 0 bridgehead atoms. The zero-order valence-electron chi connectivity index (χ0n) is 9.28. The monoisotopic (exact) mass is 247 g/mol. The van der Waals surface area contributed by atoms with Gasteiger partial charge in [0, 0.05) is 0 Å². The third kappa shape index (κ3) is 2.67. The van der Waals surface area contributed by atoms with E-state index in [2.05, 4.69) is 5.32 Å². The largest absolute Gasteiger partial charge is 0.472 e. The van der Waals surface area contributed by atoms with E-state index in [1.807, 2.05) is 48.5 Å². The van der Waals surface area contributed by atoms with Crippen molar-refractivity contribution in [3.63, 3.8) is 0 Å². The van der Waals surface area contributed by atoms with Crippen molar-refractivity contribution in [3.05, 3.63) is 53.4 Å². The quantitative estimate of drug-likeness (QED) is 0.532. The van der Waals surface area contributed by atoms with Gasteiger partial charge in [-0.3, -0.25) is 0 Å². The molecule has 3 rings (SSSR count). The Balaban J connectivity index is 0.000000267. The molecule has 92 valence electrons. The van der Waals surface area contributed by atoms with Crippen molar-refractivity contribution in [1.82, 2.24) is 0 Å². The van der Waals surface area contributed by atoms with E-state index < -0.39 is 5.09 Å². The topological polar surface area (TPSA) is 81.8 Å². The Morgan fingerprint density at radius 3 is 1.72 bits per heavy atom. The number of ether oxygens (including phenoxy) is 1. The smallest absolute Gasteiger partial charge is 0.453 e. The molecule has 6 heteroatoms. The molecule has 2 aromatic rings. The Kier molecular flexibility index (Phi) is 3.29. The highest BCUT2D eigenvalue weighted by Crippen LogP contribution is 2.40. The number of benzene rings is 2. The second kappa shape index (κ2) is 5.05. The molecule has 0 amide bonds. The molecule has 0 saturated carbocycles. The van der Waals surface area contributed by atoms with Crippen molar-refractivity contribution >= 4 is 11.4 Å². The maximum atomic E-state index is 8.47. The number of nitrogens with one attached hydrogen (secondary N) is 1. The summed E-state index contributed by atoms with van der Waals surface area (Å²) in [5.41, 5.74) is 2.04. The molecular formula is C12H11N2O4+. The van der Waals surface area contributed by atoms with Gasteiger partial charge in [-0.1, -0.05) is 24.3 Å². The lowest BCUT2D eigenvalue weighted by Gasteiger charge is -2.20. The molecule has 1 aliphatic rings. The van der Waals surface area contributed by atoms with Crippen LogP contribution in [0.25, 0.3) is 0 Å². The van der Waals surface area contributed by atoms with Crippen LogP contribution in [0.2, 0.25) is 0 Å². The van der Waals surface area contributed by atoms with Crippen LogP contribution in [-0.4, -0.2) is 15.5 Å². The maximum absolute atomic E-state index is 8.47. The third-order valence-corrected chi connectivity index (χ3v) is 2.26. The summed E-state index contributed by atoms with van der Waals surface area (Å²) in [6, 6.07) is 15.8. The predicted octanol–water partition coefficient (Wildman–Crippen LogP) is 3.08. The normalized spacial score (nSPS) is 10.7. The van der Waals surface area contributed by atoms with Gasteiger partial charge in [-0.2, -0.15) is 0 Å². The van der Waals surface area contributed by atoms with Gasteiger partial charge < -0.3 is 10.1 Å². The lowest BCUT2D eigenvalue weighted by Crippen LogP contribution is -2.01. The maximum Gasteiger partial charge on any atom is 0.472 e. The van der Waals surface area contributed by atoms with Crippen LogP contribution in [0.5, 0.6) is 11.5 Å². The lowest BCUT2D eigenvalue weighted by atomic mass is 10.2. The molecule has 18 heavy (non-hydrogen) atoms. The molecular weight excluding hydrogens is 236 g/mol. The molecule has 0 spiro atoms. The van der Waals surface area contributed by atoms with Gasteiger partial charge in [0.1, 0.15) is 4.91 Å². The number of hydrogen-bond acceptors (Lipinski definition) is 3. The Hall–Kier alpha value is -2.76. The summed E-state index contributed by atoms with van der Waals surface area (Å²) in [5.74, 6) is 1.76. The molecule has 6 nitrogen and oxygen atoms in total. The fraction of sp³-hybridized carbons (Fsp3) is 0. The highest BCUT2D eigenvalue weighted by atomic mass is 16.9. The molecule has 0 unspecified atom stereocenters. The molecule has 1 heterocycles. The molecule has 0 aromatic heterocycles. The molecule has 2 aromatic carbocycles. The van der Waals surface area contributed by atoms with E-state index in [9.17, 15) is 0 Å². The second-order valence-electron chi connectivity index (χ2n) is 3.47. The van der Waals surface area contributed by atoms with E-state index in [-0.39, 0.29) is 0 Å². The van der Waals surface area contributed by atoms with E-state index in [0.717, 1.165) is 22.9 Å². The minimum absolute atomic E-state index is 0.881. The number of nitrogens with zero attached hydrogens (tertiary/aromatic N) is 1. The second-order valence-corrected chi connectivity index (χ2v) is 3.47. The highest BCUT2D eigenvalue weighted by molar-refractivity contribution is 5.75. The van der Waals surface area contributed by atoms with E-state index in [4.69, 9.17) is 20.1 Å². The van der Waals surface area contributed by atoms with Crippen LogP contribution in [0.4, 0.5) is 11.4 Å². The van der Waals surface area contributed by atoms with Crippen LogP contribution in [0, 0.1) is 4.91 Å². The highest BCUT2D eigenvalue weighted by Gasteiger charge is 2.13. The SMILES string of the molecule is O=[N+](O)O.c1ccc2c(c1)Nc1ccccc1O2. The zero-order chi connectivity index (χ0) is 13.0. The first-order chi connectivity index (χ1) is 8.66. The van der Waals surface area contributed by atoms with Crippen LogP contribution in [-0.2, 0) is 0 Å². The molecule has 3 N–H and O–H groups in total. The molecule has 0 radical (unpaired) electrons. The fourth-order valence-corrected chi connectivity index (χ4v) is 1.58. The zero-order valence-corrected chi connectivity index (χ0v) is 9.28. The first kappa shape index (κ1) is 11.7. The van der Waals surface area contributed by atoms with Gasteiger partial charge in [0.05, 0.1) is 11.4 Å². The minimum atomic E-state index is -1.25. The summed E-state index contributed by atoms with van der Waals surface area (Å²) in [5, 5.41) is 15.8. The van der Waals surface area contributed by atoms with Gasteiger partial charge in [0.25, 0.3) is 0 Å². The van der Waals surface area contributed by atoms with Gasteiger partial charge in [0.15, 0.2) is 11.5 Å². The molecule has 1 aliphatic heterocycles. The van der Waals surface area contributed by atoms with Crippen molar-refractivity contribution in [2.24, 2.45) is 0 Å². The van der Waals surface area contributed by atoms with E-state index in [1.54, 1.807) is 0 Å². The summed E-state index contributed by atoms with van der Waals surface area (Å²) < 4.78 is 5.71.